The van der Waals surface area contributed by atoms with Gasteiger partial charge in [-0.05, 0) is 69.1 Å². The lowest BCUT2D eigenvalue weighted by Crippen LogP contribution is -1.94. The zero-order valence-corrected chi connectivity index (χ0v) is 18.8. The molecule has 0 fully saturated rings. The number of rotatable bonds is 2. The topological polar surface area (TPSA) is 41.6 Å². The van der Waals surface area contributed by atoms with E-state index < -0.39 is 0 Å². The molecule has 35 heavy (non-hydrogen) atoms. The van der Waals surface area contributed by atoms with Gasteiger partial charge in [-0.1, -0.05) is 72.8 Å². The van der Waals surface area contributed by atoms with Crippen molar-refractivity contribution in [3.05, 3.63) is 121 Å². The summed E-state index contributed by atoms with van der Waals surface area (Å²) in [4.78, 5) is 4.19. The SMILES string of the molecule is N#Cc1cc(-c2cc3c(c4ccccc24)c2c4ccccc4ccc2n3-c2ccccc2)ccn1. The Morgan fingerprint density at radius 2 is 1.34 bits per heavy atom. The second kappa shape index (κ2) is 7.55. The van der Waals surface area contributed by atoms with Gasteiger partial charge in [0.05, 0.1) is 11.0 Å². The minimum Gasteiger partial charge on any atom is -0.309 e. The quantitative estimate of drug-likeness (QED) is 0.270. The zero-order valence-electron chi connectivity index (χ0n) is 18.8. The molecule has 0 unspecified atom stereocenters. The average molecular weight is 446 g/mol. The fraction of sp³-hybridized carbons (Fsp3) is 0. The third-order valence-electron chi connectivity index (χ3n) is 6.86. The summed E-state index contributed by atoms with van der Waals surface area (Å²) in [6.45, 7) is 0. The van der Waals surface area contributed by atoms with Gasteiger partial charge < -0.3 is 4.57 Å². The maximum atomic E-state index is 9.47. The molecule has 7 rings (SSSR count). The van der Waals surface area contributed by atoms with Gasteiger partial charge in [0.25, 0.3) is 0 Å². The highest BCUT2D eigenvalue weighted by atomic mass is 15.0. The Bertz CT molecular complexity index is 1960. The molecule has 0 bridgehead atoms. The Labute approximate surface area is 202 Å². The molecule has 162 valence electrons. The normalized spacial score (nSPS) is 11.4. The van der Waals surface area contributed by atoms with Gasteiger partial charge in [0.2, 0.25) is 0 Å². The van der Waals surface area contributed by atoms with Crippen LogP contribution in [0.2, 0.25) is 0 Å². The molecule has 7 aromatic rings. The minimum atomic E-state index is 0.418. The summed E-state index contributed by atoms with van der Waals surface area (Å²) in [5.74, 6) is 0. The minimum absolute atomic E-state index is 0.418. The smallest absolute Gasteiger partial charge is 0.141 e. The van der Waals surface area contributed by atoms with Gasteiger partial charge in [0.1, 0.15) is 11.8 Å². The number of para-hydroxylation sites is 1. The van der Waals surface area contributed by atoms with E-state index in [0.29, 0.717) is 5.69 Å². The van der Waals surface area contributed by atoms with Gasteiger partial charge in [0.15, 0.2) is 0 Å². The van der Waals surface area contributed by atoms with E-state index in [4.69, 9.17) is 0 Å². The molecule has 0 saturated heterocycles. The van der Waals surface area contributed by atoms with E-state index in [9.17, 15) is 5.26 Å². The highest BCUT2D eigenvalue weighted by Crippen LogP contribution is 2.43. The number of nitrogens with zero attached hydrogens (tertiary/aromatic N) is 3. The van der Waals surface area contributed by atoms with Crippen molar-refractivity contribution in [2.24, 2.45) is 0 Å². The van der Waals surface area contributed by atoms with E-state index in [1.54, 1.807) is 6.20 Å². The number of benzene rings is 5. The van der Waals surface area contributed by atoms with E-state index in [1.807, 2.05) is 18.2 Å². The van der Waals surface area contributed by atoms with Gasteiger partial charge in [-0.15, -0.1) is 0 Å². The van der Waals surface area contributed by atoms with Crippen LogP contribution >= 0.6 is 0 Å². The summed E-state index contributed by atoms with van der Waals surface area (Å²) in [6.07, 6.45) is 1.72. The van der Waals surface area contributed by atoms with E-state index >= 15 is 0 Å². The predicted molar refractivity (Wildman–Crippen MR) is 144 cm³/mol. The van der Waals surface area contributed by atoms with E-state index in [-0.39, 0.29) is 0 Å². The highest BCUT2D eigenvalue weighted by molar-refractivity contribution is 6.30. The summed E-state index contributed by atoms with van der Waals surface area (Å²) in [6, 6.07) is 40.5. The van der Waals surface area contributed by atoms with E-state index in [0.717, 1.165) is 27.7 Å². The molecule has 0 radical (unpaired) electrons. The Kier molecular flexibility index (Phi) is 4.21. The molecule has 2 aromatic heterocycles. The van der Waals surface area contributed by atoms with Crippen molar-refractivity contribution in [2.75, 3.05) is 0 Å². The second-order valence-electron chi connectivity index (χ2n) is 8.76. The molecule has 0 amide bonds. The third kappa shape index (κ3) is 2.87. The first-order valence-corrected chi connectivity index (χ1v) is 11.6. The molecule has 0 atom stereocenters. The van der Waals surface area contributed by atoms with Crippen molar-refractivity contribution in [1.29, 1.82) is 5.26 Å². The Morgan fingerprint density at radius 1 is 0.629 bits per heavy atom. The monoisotopic (exact) mass is 445 g/mol. The number of fused-ring (bicyclic) bond motifs is 7. The molecule has 0 N–H and O–H groups in total. The van der Waals surface area contributed by atoms with Crippen molar-refractivity contribution in [2.45, 2.75) is 0 Å². The number of pyridine rings is 1. The lowest BCUT2D eigenvalue weighted by molar-refractivity contribution is 1.18. The summed E-state index contributed by atoms with van der Waals surface area (Å²) in [5.41, 5.74) is 5.95. The lowest BCUT2D eigenvalue weighted by atomic mass is 9.94. The standard InChI is InChI=1S/C32H19N3/c33-20-23-18-22(16-17-34-23)28-19-30-32(27-13-7-6-12-26(27)28)31-25-11-5-4-8-21(25)14-15-29(31)35(30)24-9-2-1-3-10-24/h1-19H. The van der Waals surface area contributed by atoms with Crippen molar-refractivity contribution in [3.63, 3.8) is 0 Å². The second-order valence-corrected chi connectivity index (χ2v) is 8.76. The van der Waals surface area contributed by atoms with Crippen LogP contribution in [0.15, 0.2) is 115 Å². The molecular weight excluding hydrogens is 426 g/mol. The van der Waals surface area contributed by atoms with Gasteiger partial charge >= 0.3 is 0 Å². The van der Waals surface area contributed by atoms with Gasteiger partial charge in [-0.2, -0.15) is 5.26 Å². The Morgan fingerprint density at radius 3 is 2.17 bits per heavy atom. The fourth-order valence-corrected chi connectivity index (χ4v) is 5.39. The summed E-state index contributed by atoms with van der Waals surface area (Å²) in [7, 11) is 0. The van der Waals surface area contributed by atoms with Crippen LogP contribution in [0.1, 0.15) is 5.69 Å². The molecule has 0 spiro atoms. The maximum absolute atomic E-state index is 9.47. The van der Waals surface area contributed by atoms with Crippen LogP contribution in [0, 0.1) is 11.3 Å². The average Bonchev–Trinajstić information content (AvgIpc) is 3.28. The van der Waals surface area contributed by atoms with Crippen molar-refractivity contribution in [1.82, 2.24) is 9.55 Å². The zero-order chi connectivity index (χ0) is 23.4. The van der Waals surface area contributed by atoms with Gasteiger partial charge in [-0.25, -0.2) is 4.98 Å². The molecule has 3 heteroatoms. The largest absolute Gasteiger partial charge is 0.309 e. The Hall–Kier alpha value is -4.94. The van der Waals surface area contributed by atoms with Crippen LogP contribution in [-0.2, 0) is 0 Å². The Balaban J connectivity index is 1.75. The molecule has 5 aromatic carbocycles. The molecule has 0 aliphatic heterocycles. The van der Waals surface area contributed by atoms with E-state index in [2.05, 4.69) is 107 Å². The van der Waals surface area contributed by atoms with Crippen LogP contribution in [0.3, 0.4) is 0 Å². The molecule has 3 nitrogen and oxygen atoms in total. The molecule has 0 saturated carbocycles. The van der Waals surface area contributed by atoms with Gasteiger partial charge in [0, 0.05) is 22.7 Å². The number of hydrogen-bond donors (Lipinski definition) is 0. The maximum Gasteiger partial charge on any atom is 0.141 e. The number of aromatic nitrogens is 2. The van der Waals surface area contributed by atoms with Crippen LogP contribution in [0.25, 0.3) is 60.2 Å². The third-order valence-corrected chi connectivity index (χ3v) is 6.86. The highest BCUT2D eigenvalue weighted by Gasteiger charge is 2.19. The number of nitriles is 1. The first kappa shape index (κ1) is 19.5. The summed E-state index contributed by atoms with van der Waals surface area (Å²) >= 11 is 0. The van der Waals surface area contributed by atoms with Crippen molar-refractivity contribution >= 4 is 43.4 Å². The first-order valence-electron chi connectivity index (χ1n) is 11.6. The van der Waals surface area contributed by atoms with Crippen LogP contribution in [-0.4, -0.2) is 9.55 Å². The summed E-state index contributed by atoms with van der Waals surface area (Å²) in [5, 5.41) is 16.8. The first-order chi connectivity index (χ1) is 17.3. The predicted octanol–water partition coefficient (Wildman–Crippen LogP) is 8.02. The molecule has 2 heterocycles. The van der Waals surface area contributed by atoms with Gasteiger partial charge in [-0.3, -0.25) is 0 Å². The molecule has 0 aliphatic rings. The number of hydrogen-bond acceptors (Lipinski definition) is 2. The van der Waals surface area contributed by atoms with Crippen molar-refractivity contribution < 1.29 is 0 Å². The summed E-state index contributed by atoms with van der Waals surface area (Å²) < 4.78 is 2.36. The van der Waals surface area contributed by atoms with Crippen LogP contribution in [0.5, 0.6) is 0 Å². The van der Waals surface area contributed by atoms with E-state index in [1.165, 1.54) is 32.4 Å². The molecular formula is C32H19N3. The van der Waals surface area contributed by atoms with Crippen molar-refractivity contribution in [3.8, 4) is 22.9 Å². The van der Waals surface area contributed by atoms with Crippen LogP contribution < -0.4 is 0 Å². The lowest BCUT2D eigenvalue weighted by Gasteiger charge is -2.12. The van der Waals surface area contributed by atoms with Crippen LogP contribution in [0.4, 0.5) is 0 Å². The fourth-order valence-electron chi connectivity index (χ4n) is 5.39. The molecule has 0 aliphatic carbocycles.